The first-order chi connectivity index (χ1) is 14.6. The number of carbonyl (C=O) groups excluding carboxylic acids is 1. The number of carbonyl (C=O) groups is 1. The van der Waals surface area contributed by atoms with Crippen molar-refractivity contribution in [2.45, 2.75) is 19.1 Å². The fourth-order valence-electron chi connectivity index (χ4n) is 3.42. The highest BCUT2D eigenvalue weighted by Gasteiger charge is 2.26. The van der Waals surface area contributed by atoms with Gasteiger partial charge in [-0.2, -0.15) is 8.78 Å². The molecule has 1 aliphatic rings. The number of amides is 1. The molecule has 1 atom stereocenters. The highest BCUT2D eigenvalue weighted by atomic mass is 19.3. The molecule has 0 aromatic heterocycles. The van der Waals surface area contributed by atoms with Crippen LogP contribution in [-0.2, 0) is 16.1 Å². The summed E-state index contributed by atoms with van der Waals surface area (Å²) in [6.45, 7) is 0.111. The maximum atomic E-state index is 13.1. The van der Waals surface area contributed by atoms with E-state index in [-0.39, 0.29) is 23.3 Å². The van der Waals surface area contributed by atoms with Gasteiger partial charge < -0.3 is 24.4 Å². The number of methoxy groups -OCH3 is 1. The molecule has 0 bridgehead atoms. The third-order valence-electron chi connectivity index (χ3n) is 4.94. The Morgan fingerprint density at radius 2 is 1.87 bits per heavy atom. The zero-order chi connectivity index (χ0) is 21.3. The standard InChI is InChI=1S/C22H26F2N2O4/c1-28-19-8-7-16(13-20(19)30-22(23)24)14-25-15-18(17-5-3-2-4-6-17)21(27)26-9-11-29-12-10-26/h2-8,13,18,22,25H,9-12,14-15H2,1H3. The van der Waals surface area contributed by atoms with E-state index in [9.17, 15) is 13.6 Å². The van der Waals surface area contributed by atoms with Crippen LogP contribution in [0, 0.1) is 0 Å². The maximum Gasteiger partial charge on any atom is 0.387 e. The monoisotopic (exact) mass is 420 g/mol. The SMILES string of the molecule is COc1ccc(CNCC(C(=O)N2CCOCC2)c2ccccc2)cc1OC(F)F. The third-order valence-corrected chi connectivity index (χ3v) is 4.94. The summed E-state index contributed by atoms with van der Waals surface area (Å²) >= 11 is 0. The molecule has 0 radical (unpaired) electrons. The van der Waals surface area contributed by atoms with Crippen LogP contribution in [0.3, 0.4) is 0 Å². The van der Waals surface area contributed by atoms with Gasteiger partial charge in [-0.1, -0.05) is 36.4 Å². The Morgan fingerprint density at radius 3 is 2.53 bits per heavy atom. The molecule has 1 N–H and O–H groups in total. The van der Waals surface area contributed by atoms with Crippen LogP contribution in [0.1, 0.15) is 17.0 Å². The van der Waals surface area contributed by atoms with Gasteiger partial charge in [-0.15, -0.1) is 0 Å². The van der Waals surface area contributed by atoms with Gasteiger partial charge in [0.2, 0.25) is 5.91 Å². The normalized spacial score (nSPS) is 15.1. The van der Waals surface area contributed by atoms with Crippen LogP contribution in [0.2, 0.25) is 0 Å². The second kappa shape index (κ2) is 10.9. The smallest absolute Gasteiger partial charge is 0.387 e. The molecular formula is C22H26F2N2O4. The van der Waals surface area contributed by atoms with E-state index in [1.807, 2.05) is 35.2 Å². The molecule has 0 aliphatic carbocycles. The second-order valence-corrected chi connectivity index (χ2v) is 6.90. The summed E-state index contributed by atoms with van der Waals surface area (Å²) < 4.78 is 40.2. The van der Waals surface area contributed by atoms with Crippen LogP contribution < -0.4 is 14.8 Å². The van der Waals surface area contributed by atoms with E-state index in [1.165, 1.54) is 13.2 Å². The van der Waals surface area contributed by atoms with Gasteiger partial charge in [0.15, 0.2) is 11.5 Å². The quantitative estimate of drug-likeness (QED) is 0.676. The van der Waals surface area contributed by atoms with Crippen LogP contribution in [0.15, 0.2) is 48.5 Å². The Morgan fingerprint density at radius 1 is 1.13 bits per heavy atom. The molecule has 162 valence electrons. The van der Waals surface area contributed by atoms with Gasteiger partial charge >= 0.3 is 6.61 Å². The molecule has 30 heavy (non-hydrogen) atoms. The molecule has 0 saturated carbocycles. The van der Waals surface area contributed by atoms with E-state index < -0.39 is 6.61 Å². The Balaban J connectivity index is 1.68. The van der Waals surface area contributed by atoms with Crippen molar-refractivity contribution in [1.29, 1.82) is 0 Å². The first-order valence-electron chi connectivity index (χ1n) is 9.82. The Hall–Kier alpha value is -2.71. The van der Waals surface area contributed by atoms with Crippen LogP contribution in [0.5, 0.6) is 11.5 Å². The minimum absolute atomic E-state index is 0.0178. The summed E-state index contributed by atoms with van der Waals surface area (Å²) in [4.78, 5) is 14.9. The summed E-state index contributed by atoms with van der Waals surface area (Å²) in [6, 6.07) is 14.5. The predicted octanol–water partition coefficient (Wildman–Crippen LogP) is 3.03. The van der Waals surface area contributed by atoms with Crippen molar-refractivity contribution in [2.75, 3.05) is 40.0 Å². The van der Waals surface area contributed by atoms with Gasteiger partial charge in [0.05, 0.1) is 26.2 Å². The summed E-state index contributed by atoms with van der Waals surface area (Å²) in [6.07, 6.45) is 0. The van der Waals surface area contributed by atoms with Crippen molar-refractivity contribution >= 4 is 5.91 Å². The van der Waals surface area contributed by atoms with Crippen LogP contribution in [-0.4, -0.2) is 57.4 Å². The molecule has 3 rings (SSSR count). The summed E-state index contributed by atoms with van der Waals surface area (Å²) in [5.41, 5.74) is 1.68. The van der Waals surface area contributed by atoms with Crippen molar-refractivity contribution in [3.05, 3.63) is 59.7 Å². The molecule has 1 heterocycles. The molecule has 2 aromatic rings. The van der Waals surface area contributed by atoms with Crippen molar-refractivity contribution in [3.63, 3.8) is 0 Å². The van der Waals surface area contributed by atoms with E-state index in [0.717, 1.165) is 11.1 Å². The number of benzene rings is 2. The van der Waals surface area contributed by atoms with E-state index in [1.54, 1.807) is 12.1 Å². The van der Waals surface area contributed by atoms with Crippen LogP contribution >= 0.6 is 0 Å². The summed E-state index contributed by atoms with van der Waals surface area (Å²) in [7, 11) is 1.40. The summed E-state index contributed by atoms with van der Waals surface area (Å²) in [5.74, 6) is -0.0766. The fraction of sp³-hybridized carbons (Fsp3) is 0.409. The molecule has 2 aromatic carbocycles. The van der Waals surface area contributed by atoms with Gasteiger partial charge in [-0.25, -0.2) is 0 Å². The molecule has 1 saturated heterocycles. The minimum Gasteiger partial charge on any atom is -0.493 e. The van der Waals surface area contributed by atoms with Crippen molar-refractivity contribution < 1.29 is 27.8 Å². The second-order valence-electron chi connectivity index (χ2n) is 6.90. The van der Waals surface area contributed by atoms with E-state index >= 15 is 0 Å². The number of nitrogens with one attached hydrogen (secondary N) is 1. The topological polar surface area (TPSA) is 60.0 Å². The molecule has 1 amide bonds. The zero-order valence-electron chi connectivity index (χ0n) is 16.9. The number of morpholine rings is 1. The number of alkyl halides is 2. The molecular weight excluding hydrogens is 394 g/mol. The van der Waals surface area contributed by atoms with E-state index in [0.29, 0.717) is 39.4 Å². The highest BCUT2D eigenvalue weighted by molar-refractivity contribution is 5.84. The van der Waals surface area contributed by atoms with Crippen LogP contribution in [0.4, 0.5) is 8.78 Å². The van der Waals surface area contributed by atoms with Crippen molar-refractivity contribution in [2.24, 2.45) is 0 Å². The fourth-order valence-corrected chi connectivity index (χ4v) is 3.42. The highest BCUT2D eigenvalue weighted by Crippen LogP contribution is 2.29. The van der Waals surface area contributed by atoms with Gasteiger partial charge in [0.25, 0.3) is 0 Å². The van der Waals surface area contributed by atoms with Gasteiger partial charge in [0.1, 0.15) is 0 Å². The van der Waals surface area contributed by atoms with Gasteiger partial charge in [0, 0.05) is 26.2 Å². The number of nitrogens with zero attached hydrogens (tertiary/aromatic N) is 1. The number of halogens is 2. The average Bonchev–Trinajstić information content (AvgIpc) is 2.77. The molecule has 1 fully saturated rings. The lowest BCUT2D eigenvalue weighted by atomic mass is 9.97. The zero-order valence-corrected chi connectivity index (χ0v) is 16.9. The number of hydrogen-bond donors (Lipinski definition) is 1. The third kappa shape index (κ3) is 5.90. The first kappa shape index (κ1) is 22.0. The average molecular weight is 420 g/mol. The lowest BCUT2D eigenvalue weighted by Crippen LogP contribution is -2.45. The first-order valence-corrected chi connectivity index (χ1v) is 9.82. The largest absolute Gasteiger partial charge is 0.493 e. The van der Waals surface area contributed by atoms with Gasteiger partial charge in [-0.05, 0) is 23.3 Å². The molecule has 1 unspecified atom stereocenters. The molecule has 8 heteroatoms. The maximum absolute atomic E-state index is 13.1. The molecule has 0 spiro atoms. The summed E-state index contributed by atoms with van der Waals surface area (Å²) in [5, 5.41) is 3.28. The van der Waals surface area contributed by atoms with Crippen molar-refractivity contribution in [3.8, 4) is 11.5 Å². The molecule has 6 nitrogen and oxygen atoms in total. The van der Waals surface area contributed by atoms with Crippen molar-refractivity contribution in [1.82, 2.24) is 10.2 Å². The Kier molecular flexibility index (Phi) is 7.98. The van der Waals surface area contributed by atoms with E-state index in [4.69, 9.17) is 9.47 Å². The number of ether oxygens (including phenoxy) is 3. The number of hydrogen-bond acceptors (Lipinski definition) is 5. The lowest BCUT2D eigenvalue weighted by molar-refractivity contribution is -0.136. The predicted molar refractivity (Wildman–Crippen MR) is 108 cm³/mol. The Labute approximate surface area is 174 Å². The minimum atomic E-state index is -2.93. The van der Waals surface area contributed by atoms with Crippen LogP contribution in [0.25, 0.3) is 0 Å². The number of rotatable bonds is 9. The lowest BCUT2D eigenvalue weighted by Gasteiger charge is -2.30. The van der Waals surface area contributed by atoms with E-state index in [2.05, 4.69) is 10.1 Å². The Bertz CT molecular complexity index is 814. The van der Waals surface area contributed by atoms with Gasteiger partial charge in [-0.3, -0.25) is 4.79 Å². The molecule has 1 aliphatic heterocycles.